The van der Waals surface area contributed by atoms with E-state index >= 15 is 0 Å². The van der Waals surface area contributed by atoms with Gasteiger partial charge in [-0.3, -0.25) is 0 Å². The minimum atomic E-state index is 0.319. The van der Waals surface area contributed by atoms with Crippen molar-refractivity contribution in [3.63, 3.8) is 0 Å². The third-order valence-corrected chi connectivity index (χ3v) is 13.1. The Bertz CT molecular complexity index is 1420. The number of rotatable bonds is 7. The molecular weight excluding hydrogens is 494 g/mol. The molecule has 7 atom stereocenters. The van der Waals surface area contributed by atoms with Crippen molar-refractivity contribution >= 4 is 10.9 Å². The Labute approximate surface area is 249 Å². The molecule has 2 saturated carbocycles. The van der Waals surface area contributed by atoms with Gasteiger partial charge >= 0.3 is 0 Å². The van der Waals surface area contributed by atoms with Gasteiger partial charge in [0.05, 0.1) is 0 Å². The smallest absolute Gasteiger partial charge is 0.0488 e. The van der Waals surface area contributed by atoms with E-state index in [2.05, 4.69) is 99.9 Å². The average Bonchev–Trinajstić information content (AvgIpc) is 3.46. The fourth-order valence-electron chi connectivity index (χ4n) is 11.0. The Morgan fingerprint density at radius 1 is 0.878 bits per heavy atom. The molecule has 0 unspecified atom stereocenters. The van der Waals surface area contributed by atoms with Gasteiger partial charge in [-0.1, -0.05) is 114 Å². The van der Waals surface area contributed by atoms with Gasteiger partial charge in [0.15, 0.2) is 0 Å². The number of fused-ring (bicyclic) bond motifs is 8. The van der Waals surface area contributed by atoms with Crippen LogP contribution in [-0.4, -0.2) is 4.57 Å². The summed E-state index contributed by atoms with van der Waals surface area (Å²) in [6, 6.07) is 20.4. The minimum absolute atomic E-state index is 0.319. The molecule has 0 radical (unpaired) electrons. The molecule has 4 aliphatic carbocycles. The summed E-state index contributed by atoms with van der Waals surface area (Å²) in [5.74, 6) is 5.33. The summed E-state index contributed by atoms with van der Waals surface area (Å²) >= 11 is 0. The second kappa shape index (κ2) is 10.5. The summed E-state index contributed by atoms with van der Waals surface area (Å²) in [6.07, 6.45) is 16.6. The normalized spacial score (nSPS) is 33.2. The van der Waals surface area contributed by atoms with E-state index in [1.165, 1.54) is 74.3 Å². The maximum absolute atomic E-state index is 2.76. The molecule has 1 nitrogen and oxygen atoms in total. The van der Waals surface area contributed by atoms with Gasteiger partial charge in [-0.2, -0.15) is 0 Å². The Morgan fingerprint density at radius 3 is 2.46 bits per heavy atom. The average molecular weight is 548 g/mol. The number of allylic oxidation sites excluding steroid dienone is 2. The lowest BCUT2D eigenvalue weighted by molar-refractivity contribution is -0.0452. The van der Waals surface area contributed by atoms with Gasteiger partial charge in [-0.15, -0.1) is 0 Å². The van der Waals surface area contributed by atoms with Crippen molar-refractivity contribution in [2.45, 2.75) is 105 Å². The van der Waals surface area contributed by atoms with Crippen molar-refractivity contribution in [1.82, 2.24) is 4.57 Å². The zero-order valence-corrected chi connectivity index (χ0v) is 26.5. The van der Waals surface area contributed by atoms with Crippen LogP contribution in [-0.2, 0) is 19.4 Å². The monoisotopic (exact) mass is 547 g/mol. The van der Waals surface area contributed by atoms with Crippen LogP contribution in [0.1, 0.15) is 103 Å². The zero-order chi connectivity index (χ0) is 28.4. The van der Waals surface area contributed by atoms with Gasteiger partial charge in [0, 0.05) is 29.6 Å². The van der Waals surface area contributed by atoms with E-state index in [1.54, 1.807) is 16.8 Å². The molecule has 0 spiro atoms. The Morgan fingerprint density at radius 2 is 1.66 bits per heavy atom. The number of para-hydroxylation sites is 1. The molecule has 0 bridgehead atoms. The van der Waals surface area contributed by atoms with Crippen LogP contribution in [0.5, 0.6) is 0 Å². The van der Waals surface area contributed by atoms with Crippen LogP contribution < -0.4 is 0 Å². The lowest BCUT2D eigenvalue weighted by atomic mass is 9.47. The van der Waals surface area contributed by atoms with E-state index in [4.69, 9.17) is 0 Å². The third kappa shape index (κ3) is 4.47. The Balaban J connectivity index is 1.18. The summed E-state index contributed by atoms with van der Waals surface area (Å²) in [5.41, 5.74) is 8.74. The molecule has 1 aromatic heterocycles. The maximum Gasteiger partial charge on any atom is 0.0488 e. The first kappa shape index (κ1) is 27.5. The Hall–Kier alpha value is -2.28. The summed E-state index contributed by atoms with van der Waals surface area (Å²) < 4.78 is 2.66. The fourth-order valence-corrected chi connectivity index (χ4v) is 11.0. The number of benzene rings is 2. The van der Waals surface area contributed by atoms with E-state index in [9.17, 15) is 0 Å². The van der Waals surface area contributed by atoms with E-state index in [1.807, 2.05) is 0 Å². The van der Waals surface area contributed by atoms with Gasteiger partial charge in [-0.25, -0.2) is 0 Å². The topological polar surface area (TPSA) is 4.93 Å². The van der Waals surface area contributed by atoms with E-state index in [-0.39, 0.29) is 0 Å². The molecule has 1 heterocycles. The summed E-state index contributed by atoms with van der Waals surface area (Å²) in [6.45, 7) is 13.8. The SMILES string of the molecule is CC(C)CCC[C@@H](C)[C@H]1CC[C@H]2[C@@H]3CC=C4Cc5c(c6ccccc6n5Cc5ccccc5)C[C@]4(C)[C@H]3CC[C@]12C. The highest BCUT2D eigenvalue weighted by Gasteiger charge is 2.59. The second-order valence-corrected chi connectivity index (χ2v) is 15.7. The highest BCUT2D eigenvalue weighted by Crippen LogP contribution is 2.67. The predicted octanol–water partition coefficient (Wildman–Crippen LogP) is 10.6. The van der Waals surface area contributed by atoms with Crippen LogP contribution in [0.25, 0.3) is 10.9 Å². The van der Waals surface area contributed by atoms with Crippen molar-refractivity contribution in [3.8, 4) is 0 Å². The summed E-state index contributed by atoms with van der Waals surface area (Å²) in [4.78, 5) is 0. The summed E-state index contributed by atoms with van der Waals surface area (Å²) in [7, 11) is 0. The van der Waals surface area contributed by atoms with E-state index in [0.29, 0.717) is 10.8 Å². The van der Waals surface area contributed by atoms with Gasteiger partial charge in [-0.05, 0) is 102 Å². The van der Waals surface area contributed by atoms with Gasteiger partial charge < -0.3 is 4.57 Å². The van der Waals surface area contributed by atoms with Crippen molar-refractivity contribution in [2.24, 2.45) is 46.3 Å². The van der Waals surface area contributed by atoms with Crippen LogP contribution in [0.2, 0.25) is 0 Å². The molecule has 0 saturated heterocycles. The number of nitrogens with zero attached hydrogens (tertiary/aromatic N) is 1. The molecule has 7 rings (SSSR count). The summed E-state index contributed by atoms with van der Waals surface area (Å²) in [5, 5.41) is 1.51. The molecule has 218 valence electrons. The molecular formula is C40H53N. The van der Waals surface area contributed by atoms with Gasteiger partial charge in [0.2, 0.25) is 0 Å². The van der Waals surface area contributed by atoms with E-state index < -0.39 is 0 Å². The first-order chi connectivity index (χ1) is 19.8. The van der Waals surface area contributed by atoms with Crippen molar-refractivity contribution in [2.75, 3.05) is 0 Å². The molecule has 2 aromatic carbocycles. The molecule has 4 aliphatic rings. The largest absolute Gasteiger partial charge is 0.340 e. The first-order valence-electron chi connectivity index (χ1n) is 17.1. The molecule has 1 heteroatoms. The Kier molecular flexibility index (Phi) is 7.03. The number of aromatic nitrogens is 1. The number of hydrogen-bond donors (Lipinski definition) is 0. The lowest BCUT2D eigenvalue weighted by Gasteiger charge is -2.58. The highest BCUT2D eigenvalue weighted by molar-refractivity contribution is 5.86. The first-order valence-corrected chi connectivity index (χ1v) is 17.1. The fraction of sp³-hybridized carbons (Fsp3) is 0.600. The van der Waals surface area contributed by atoms with Crippen molar-refractivity contribution in [1.29, 1.82) is 0 Å². The zero-order valence-electron chi connectivity index (χ0n) is 26.5. The van der Waals surface area contributed by atoms with Crippen LogP contribution in [0, 0.1) is 46.3 Å². The van der Waals surface area contributed by atoms with Crippen molar-refractivity contribution < 1.29 is 0 Å². The lowest BCUT2D eigenvalue weighted by Crippen LogP contribution is -2.51. The molecule has 41 heavy (non-hydrogen) atoms. The van der Waals surface area contributed by atoms with Crippen LogP contribution in [0.3, 0.4) is 0 Å². The quantitative estimate of drug-likeness (QED) is 0.259. The van der Waals surface area contributed by atoms with Gasteiger partial charge in [0.25, 0.3) is 0 Å². The number of hydrogen-bond acceptors (Lipinski definition) is 0. The van der Waals surface area contributed by atoms with Gasteiger partial charge in [0.1, 0.15) is 0 Å². The second-order valence-electron chi connectivity index (χ2n) is 15.7. The molecule has 3 aromatic rings. The van der Waals surface area contributed by atoms with Crippen LogP contribution in [0.4, 0.5) is 0 Å². The maximum atomic E-state index is 2.76. The third-order valence-electron chi connectivity index (χ3n) is 13.1. The van der Waals surface area contributed by atoms with Crippen LogP contribution in [0.15, 0.2) is 66.2 Å². The van der Waals surface area contributed by atoms with E-state index in [0.717, 1.165) is 48.5 Å². The van der Waals surface area contributed by atoms with Crippen LogP contribution >= 0.6 is 0 Å². The molecule has 0 aliphatic heterocycles. The van der Waals surface area contributed by atoms with Crippen molar-refractivity contribution in [3.05, 3.63) is 83.1 Å². The molecule has 2 fully saturated rings. The predicted molar refractivity (Wildman–Crippen MR) is 174 cm³/mol. The minimum Gasteiger partial charge on any atom is -0.340 e. The standard InChI is InChI=1S/C40H53N/c1-27(2)12-11-13-28(3)34-20-21-35-32-19-18-30-24-38-33(25-40(30,5)36(32)22-23-39(34,35)4)31-16-9-10-17-37(31)41(38)26-29-14-7-6-8-15-29/h6-10,14-18,27-28,32,34-36H,11-13,19-26H2,1-5H3/t28-,32+,34-,35+,36+,39-,40+/m1/s1. The highest BCUT2D eigenvalue weighted by atomic mass is 15.0. The molecule has 0 N–H and O–H groups in total. The molecule has 0 amide bonds.